The Hall–Kier alpha value is -0.380. The van der Waals surface area contributed by atoms with Gasteiger partial charge in [0.05, 0.1) is 6.61 Å². The van der Waals surface area contributed by atoms with E-state index in [0.29, 0.717) is 0 Å². The lowest BCUT2D eigenvalue weighted by atomic mass is 10.1. The maximum atomic E-state index is 8.73. The molecule has 4 N–H and O–H groups in total. The third-order valence-corrected chi connectivity index (χ3v) is 1.63. The fourth-order valence-electron chi connectivity index (χ4n) is 1.01. The molecule has 1 aromatic carbocycles. The van der Waals surface area contributed by atoms with Crippen molar-refractivity contribution in [2.24, 2.45) is 0 Å². The third-order valence-electron chi connectivity index (χ3n) is 1.63. The number of hydrogen-bond donors (Lipinski definition) is 2. The summed E-state index contributed by atoms with van der Waals surface area (Å²) >= 11 is 0. The van der Waals surface area contributed by atoms with Crippen LogP contribution < -0.4 is 22.7 Å². The second-order valence-corrected chi connectivity index (χ2v) is 2.74. The van der Waals surface area contributed by atoms with Crippen molar-refractivity contribution in [2.75, 3.05) is 6.61 Å². The summed E-state index contributed by atoms with van der Waals surface area (Å²) in [7, 11) is 0. The highest BCUT2D eigenvalue weighted by molar-refractivity contribution is 5.15. The van der Waals surface area contributed by atoms with Crippen molar-refractivity contribution >= 4 is 0 Å². The molecule has 0 radical (unpaired) electrons. The summed E-state index contributed by atoms with van der Waals surface area (Å²) < 4.78 is 0. The molecule has 1 aromatic rings. The number of rotatable bonds is 3. The van der Waals surface area contributed by atoms with E-state index in [2.05, 4.69) is 5.73 Å². The van der Waals surface area contributed by atoms with Gasteiger partial charge in [-0.2, -0.15) is 0 Å². The molecule has 0 saturated heterocycles. The topological polar surface area (TPSA) is 47.9 Å². The molecule has 12 heavy (non-hydrogen) atoms. The summed E-state index contributed by atoms with van der Waals surface area (Å²) in [5.74, 6) is 0. The van der Waals surface area contributed by atoms with Gasteiger partial charge in [-0.3, -0.25) is 0 Å². The van der Waals surface area contributed by atoms with Crippen LogP contribution >= 0.6 is 0 Å². The molecular formula is C9H14BrNO. The molecule has 0 heterocycles. The Morgan fingerprint density at radius 1 is 1.25 bits per heavy atom. The normalized spacial score (nSPS) is 11.8. The highest BCUT2D eigenvalue weighted by Crippen LogP contribution is 1.99. The molecule has 1 unspecified atom stereocenters. The minimum atomic E-state index is 0. The van der Waals surface area contributed by atoms with E-state index in [0.717, 1.165) is 6.42 Å². The minimum absolute atomic E-state index is 0. The van der Waals surface area contributed by atoms with Crippen LogP contribution in [0.5, 0.6) is 0 Å². The summed E-state index contributed by atoms with van der Waals surface area (Å²) in [6, 6.07) is 10.2. The molecule has 2 nitrogen and oxygen atoms in total. The molecule has 1 rings (SSSR count). The number of aliphatic hydroxyl groups is 1. The molecular weight excluding hydrogens is 218 g/mol. The lowest BCUT2D eigenvalue weighted by molar-refractivity contribution is -0.424. The van der Waals surface area contributed by atoms with E-state index in [1.165, 1.54) is 5.56 Å². The van der Waals surface area contributed by atoms with Gasteiger partial charge in [-0.15, -0.1) is 0 Å². The van der Waals surface area contributed by atoms with E-state index >= 15 is 0 Å². The van der Waals surface area contributed by atoms with Gasteiger partial charge < -0.3 is 27.8 Å². The zero-order valence-electron chi connectivity index (χ0n) is 6.91. The number of hydrogen-bond acceptors (Lipinski definition) is 1. The Balaban J connectivity index is 0.00000121. The third kappa shape index (κ3) is 3.85. The predicted molar refractivity (Wildman–Crippen MR) is 43.9 cm³/mol. The van der Waals surface area contributed by atoms with Gasteiger partial charge in [0.25, 0.3) is 0 Å². The van der Waals surface area contributed by atoms with E-state index in [1.807, 2.05) is 30.3 Å². The molecule has 68 valence electrons. The van der Waals surface area contributed by atoms with Gasteiger partial charge in [0.15, 0.2) is 0 Å². The molecule has 0 fully saturated rings. The quantitative estimate of drug-likeness (QED) is 0.567. The van der Waals surface area contributed by atoms with Crippen LogP contribution in [0.2, 0.25) is 0 Å². The van der Waals surface area contributed by atoms with Crippen LogP contribution in [0, 0.1) is 0 Å². The van der Waals surface area contributed by atoms with Crippen LogP contribution in [-0.4, -0.2) is 17.8 Å². The van der Waals surface area contributed by atoms with Crippen molar-refractivity contribution in [1.82, 2.24) is 0 Å². The maximum Gasteiger partial charge on any atom is 0.112 e. The second kappa shape index (κ2) is 6.17. The van der Waals surface area contributed by atoms with Gasteiger partial charge in [0.2, 0.25) is 0 Å². The van der Waals surface area contributed by atoms with Gasteiger partial charge in [0.1, 0.15) is 6.04 Å². The van der Waals surface area contributed by atoms with Crippen LogP contribution in [0.25, 0.3) is 0 Å². The monoisotopic (exact) mass is 231 g/mol. The summed E-state index contributed by atoms with van der Waals surface area (Å²) in [5.41, 5.74) is 5.04. The van der Waals surface area contributed by atoms with Crippen LogP contribution in [0.4, 0.5) is 0 Å². The number of benzene rings is 1. The van der Waals surface area contributed by atoms with Crippen LogP contribution in [0.15, 0.2) is 30.3 Å². The molecule has 0 aliphatic heterocycles. The van der Waals surface area contributed by atoms with Gasteiger partial charge in [-0.05, 0) is 5.56 Å². The summed E-state index contributed by atoms with van der Waals surface area (Å²) in [6.07, 6.45) is 0.858. The zero-order valence-corrected chi connectivity index (χ0v) is 8.50. The molecule has 0 aromatic heterocycles. The number of aliphatic hydroxyl groups excluding tert-OH is 1. The highest BCUT2D eigenvalue weighted by atomic mass is 79.9. The maximum absolute atomic E-state index is 8.73. The fourth-order valence-corrected chi connectivity index (χ4v) is 1.01. The molecule has 0 amide bonds. The Kier molecular flexibility index (Phi) is 5.98. The number of quaternary nitrogens is 1. The molecule has 0 bridgehead atoms. The Morgan fingerprint density at radius 2 is 1.83 bits per heavy atom. The van der Waals surface area contributed by atoms with E-state index in [9.17, 15) is 0 Å². The summed E-state index contributed by atoms with van der Waals surface area (Å²) in [6.45, 7) is 0.162. The second-order valence-electron chi connectivity index (χ2n) is 2.74. The molecule has 1 atom stereocenters. The van der Waals surface area contributed by atoms with Crippen molar-refractivity contribution in [3.05, 3.63) is 35.9 Å². The molecule has 3 heteroatoms. The van der Waals surface area contributed by atoms with Crippen molar-refractivity contribution in [3.8, 4) is 0 Å². The van der Waals surface area contributed by atoms with Gasteiger partial charge >= 0.3 is 0 Å². The van der Waals surface area contributed by atoms with E-state index in [4.69, 9.17) is 5.11 Å². The van der Waals surface area contributed by atoms with Gasteiger partial charge in [0, 0.05) is 6.42 Å². The Labute approximate surface area is 83.2 Å². The highest BCUT2D eigenvalue weighted by Gasteiger charge is 2.03. The first kappa shape index (κ1) is 11.6. The molecule has 0 spiro atoms. The smallest absolute Gasteiger partial charge is 0.112 e. The van der Waals surface area contributed by atoms with Crippen LogP contribution in [0.1, 0.15) is 5.56 Å². The van der Waals surface area contributed by atoms with E-state index in [-0.39, 0.29) is 29.6 Å². The minimum Gasteiger partial charge on any atom is -1.00 e. The van der Waals surface area contributed by atoms with Crippen LogP contribution in [-0.2, 0) is 6.42 Å². The van der Waals surface area contributed by atoms with Crippen LogP contribution in [0.3, 0.4) is 0 Å². The lowest BCUT2D eigenvalue weighted by Gasteiger charge is -2.03. The van der Waals surface area contributed by atoms with Gasteiger partial charge in [-0.1, -0.05) is 30.3 Å². The largest absolute Gasteiger partial charge is 1.00 e. The first-order valence-corrected chi connectivity index (χ1v) is 3.81. The van der Waals surface area contributed by atoms with Gasteiger partial charge in [-0.25, -0.2) is 0 Å². The molecule has 0 saturated carbocycles. The predicted octanol–water partition coefficient (Wildman–Crippen LogP) is -3.16. The summed E-state index contributed by atoms with van der Waals surface area (Å²) in [5, 5.41) is 8.73. The molecule has 0 aliphatic rings. The van der Waals surface area contributed by atoms with E-state index < -0.39 is 0 Å². The van der Waals surface area contributed by atoms with Crippen molar-refractivity contribution in [3.63, 3.8) is 0 Å². The van der Waals surface area contributed by atoms with Crippen molar-refractivity contribution < 1.29 is 27.8 Å². The van der Waals surface area contributed by atoms with Crippen molar-refractivity contribution in [2.45, 2.75) is 12.5 Å². The average Bonchev–Trinajstić information content (AvgIpc) is 2.06. The lowest BCUT2D eigenvalue weighted by Crippen LogP contribution is -3.00. The van der Waals surface area contributed by atoms with E-state index in [1.54, 1.807) is 0 Å². The average molecular weight is 232 g/mol. The standard InChI is InChI=1S/C9H13NO.BrH/c10-9(7-11)6-8-4-2-1-3-5-8;/h1-5,9,11H,6-7,10H2;1H. The molecule has 0 aliphatic carbocycles. The Bertz CT molecular complexity index is 203. The SMILES string of the molecule is [Br-].[NH3+]C(CO)Cc1ccccc1. The number of halogens is 1. The first-order chi connectivity index (χ1) is 5.33. The summed E-state index contributed by atoms with van der Waals surface area (Å²) in [4.78, 5) is 0. The fraction of sp³-hybridized carbons (Fsp3) is 0.333. The zero-order chi connectivity index (χ0) is 8.10. The first-order valence-electron chi connectivity index (χ1n) is 3.81. The Morgan fingerprint density at radius 3 is 2.33 bits per heavy atom. The van der Waals surface area contributed by atoms with Crippen molar-refractivity contribution in [1.29, 1.82) is 0 Å².